The van der Waals surface area contributed by atoms with E-state index in [9.17, 15) is 9.90 Å². The molecule has 1 aliphatic rings. The SMILES string of the molecule is COc1ccc(C(=O)N2CCCCC2CN)cc1O. The van der Waals surface area contributed by atoms with Crippen LogP contribution in [0.2, 0.25) is 0 Å². The predicted octanol–water partition coefficient (Wildman–Crippen LogP) is 1.35. The Morgan fingerprint density at radius 3 is 2.95 bits per heavy atom. The van der Waals surface area contributed by atoms with Crippen LogP contribution in [0.25, 0.3) is 0 Å². The number of nitrogens with zero attached hydrogens (tertiary/aromatic N) is 1. The second-order valence-corrected chi connectivity index (χ2v) is 4.77. The molecule has 0 saturated carbocycles. The first-order valence-corrected chi connectivity index (χ1v) is 6.55. The smallest absolute Gasteiger partial charge is 0.254 e. The van der Waals surface area contributed by atoms with Crippen LogP contribution in [-0.2, 0) is 0 Å². The molecule has 0 bridgehead atoms. The Morgan fingerprint density at radius 1 is 1.53 bits per heavy atom. The van der Waals surface area contributed by atoms with Gasteiger partial charge in [-0.25, -0.2) is 0 Å². The molecular formula is C14H20N2O3. The molecule has 1 unspecified atom stereocenters. The van der Waals surface area contributed by atoms with Gasteiger partial charge in [-0.1, -0.05) is 0 Å². The van der Waals surface area contributed by atoms with Gasteiger partial charge < -0.3 is 20.5 Å². The molecule has 1 heterocycles. The number of hydrogen-bond donors (Lipinski definition) is 2. The van der Waals surface area contributed by atoms with Crippen molar-refractivity contribution in [1.82, 2.24) is 4.90 Å². The average molecular weight is 264 g/mol. The van der Waals surface area contributed by atoms with Gasteiger partial charge in [0, 0.05) is 24.7 Å². The van der Waals surface area contributed by atoms with E-state index in [0.717, 1.165) is 25.8 Å². The minimum absolute atomic E-state index is 0.0188. The third-order valence-corrected chi connectivity index (χ3v) is 3.59. The summed E-state index contributed by atoms with van der Waals surface area (Å²) in [5.74, 6) is 0.272. The third-order valence-electron chi connectivity index (χ3n) is 3.59. The van der Waals surface area contributed by atoms with Gasteiger partial charge in [0.15, 0.2) is 11.5 Å². The fraction of sp³-hybridized carbons (Fsp3) is 0.500. The predicted molar refractivity (Wildman–Crippen MR) is 72.4 cm³/mol. The van der Waals surface area contributed by atoms with Crippen LogP contribution in [0.4, 0.5) is 0 Å². The zero-order valence-corrected chi connectivity index (χ0v) is 11.1. The minimum atomic E-state index is -0.0758. The van der Waals surface area contributed by atoms with E-state index >= 15 is 0 Å². The van der Waals surface area contributed by atoms with Gasteiger partial charge >= 0.3 is 0 Å². The third kappa shape index (κ3) is 2.81. The number of benzene rings is 1. The molecule has 104 valence electrons. The topological polar surface area (TPSA) is 75.8 Å². The zero-order chi connectivity index (χ0) is 13.8. The van der Waals surface area contributed by atoms with E-state index in [0.29, 0.717) is 17.9 Å². The summed E-state index contributed by atoms with van der Waals surface area (Å²) in [6.07, 6.45) is 3.06. The van der Waals surface area contributed by atoms with Crippen molar-refractivity contribution in [1.29, 1.82) is 0 Å². The van der Waals surface area contributed by atoms with Gasteiger partial charge in [-0.05, 0) is 37.5 Å². The Hall–Kier alpha value is -1.75. The highest BCUT2D eigenvalue weighted by atomic mass is 16.5. The van der Waals surface area contributed by atoms with E-state index in [2.05, 4.69) is 0 Å². The number of amides is 1. The number of ether oxygens (including phenoxy) is 1. The first-order valence-electron chi connectivity index (χ1n) is 6.55. The Balaban J connectivity index is 2.20. The first-order chi connectivity index (χ1) is 9.17. The van der Waals surface area contributed by atoms with Crippen LogP contribution in [0.5, 0.6) is 11.5 Å². The first kappa shape index (κ1) is 13.7. The van der Waals surface area contributed by atoms with E-state index in [-0.39, 0.29) is 17.7 Å². The van der Waals surface area contributed by atoms with Crippen LogP contribution >= 0.6 is 0 Å². The summed E-state index contributed by atoms with van der Waals surface area (Å²) in [5, 5.41) is 9.74. The van der Waals surface area contributed by atoms with Crippen molar-refractivity contribution in [3.63, 3.8) is 0 Å². The summed E-state index contributed by atoms with van der Waals surface area (Å²) in [7, 11) is 1.48. The Bertz CT molecular complexity index is 462. The lowest BCUT2D eigenvalue weighted by Gasteiger charge is -2.35. The molecule has 0 aromatic heterocycles. The van der Waals surface area contributed by atoms with Crippen molar-refractivity contribution in [2.45, 2.75) is 25.3 Å². The Morgan fingerprint density at radius 2 is 2.32 bits per heavy atom. The summed E-state index contributed by atoms with van der Waals surface area (Å²) in [6.45, 7) is 1.21. The molecule has 2 rings (SSSR count). The molecule has 1 amide bonds. The second kappa shape index (κ2) is 5.93. The van der Waals surface area contributed by atoms with Crippen LogP contribution < -0.4 is 10.5 Å². The summed E-state index contributed by atoms with van der Waals surface area (Å²) in [6, 6.07) is 4.82. The van der Waals surface area contributed by atoms with E-state index in [1.165, 1.54) is 13.2 Å². The van der Waals surface area contributed by atoms with E-state index in [4.69, 9.17) is 10.5 Å². The summed E-state index contributed by atoms with van der Waals surface area (Å²) < 4.78 is 4.97. The van der Waals surface area contributed by atoms with Gasteiger partial charge in [0.05, 0.1) is 7.11 Å². The van der Waals surface area contributed by atoms with Crippen molar-refractivity contribution < 1.29 is 14.6 Å². The number of hydrogen-bond acceptors (Lipinski definition) is 4. The highest BCUT2D eigenvalue weighted by Gasteiger charge is 2.26. The van der Waals surface area contributed by atoms with Gasteiger partial charge in [-0.3, -0.25) is 4.79 Å². The summed E-state index contributed by atoms with van der Waals surface area (Å²) in [4.78, 5) is 14.2. The molecule has 0 radical (unpaired) electrons. The maximum atomic E-state index is 12.4. The van der Waals surface area contributed by atoms with Gasteiger partial charge in [0.25, 0.3) is 5.91 Å². The van der Waals surface area contributed by atoms with Crippen LogP contribution in [0.3, 0.4) is 0 Å². The fourth-order valence-electron chi connectivity index (χ4n) is 2.50. The average Bonchev–Trinajstić information content (AvgIpc) is 2.46. The number of likely N-dealkylation sites (tertiary alicyclic amines) is 1. The second-order valence-electron chi connectivity index (χ2n) is 4.77. The van der Waals surface area contributed by atoms with Crippen LogP contribution in [0.15, 0.2) is 18.2 Å². The lowest BCUT2D eigenvalue weighted by atomic mass is 10.0. The number of carbonyl (C=O) groups is 1. The molecule has 1 aromatic carbocycles. The van der Waals surface area contributed by atoms with Gasteiger partial charge in [0.1, 0.15) is 0 Å². The minimum Gasteiger partial charge on any atom is -0.504 e. The summed E-state index contributed by atoms with van der Waals surface area (Å²) in [5.41, 5.74) is 6.19. The fourth-order valence-corrected chi connectivity index (χ4v) is 2.50. The van der Waals surface area contributed by atoms with E-state index < -0.39 is 0 Å². The lowest BCUT2D eigenvalue weighted by Crippen LogP contribution is -2.47. The molecular weight excluding hydrogens is 244 g/mol. The number of aromatic hydroxyl groups is 1. The van der Waals surface area contributed by atoms with E-state index in [1.54, 1.807) is 12.1 Å². The quantitative estimate of drug-likeness (QED) is 0.864. The van der Waals surface area contributed by atoms with Crippen molar-refractivity contribution in [3.8, 4) is 11.5 Å². The number of carbonyl (C=O) groups excluding carboxylic acids is 1. The number of methoxy groups -OCH3 is 1. The lowest BCUT2D eigenvalue weighted by molar-refractivity contribution is 0.0623. The molecule has 0 aliphatic carbocycles. The summed E-state index contributed by atoms with van der Waals surface area (Å²) >= 11 is 0. The molecule has 1 aromatic rings. The monoisotopic (exact) mass is 264 g/mol. The number of rotatable bonds is 3. The molecule has 5 heteroatoms. The van der Waals surface area contributed by atoms with Crippen molar-refractivity contribution in [3.05, 3.63) is 23.8 Å². The maximum absolute atomic E-state index is 12.4. The number of nitrogens with two attached hydrogens (primary N) is 1. The normalized spacial score (nSPS) is 19.3. The molecule has 1 atom stereocenters. The van der Waals surface area contributed by atoms with Crippen LogP contribution in [0.1, 0.15) is 29.6 Å². The Labute approximate surface area is 113 Å². The molecule has 5 nitrogen and oxygen atoms in total. The molecule has 1 saturated heterocycles. The van der Waals surface area contributed by atoms with Gasteiger partial charge in [-0.2, -0.15) is 0 Å². The molecule has 1 fully saturated rings. The van der Waals surface area contributed by atoms with Gasteiger partial charge in [-0.15, -0.1) is 0 Å². The standard InChI is InChI=1S/C14H20N2O3/c1-19-13-6-5-10(8-12(13)17)14(18)16-7-3-2-4-11(16)9-15/h5-6,8,11,17H,2-4,7,9,15H2,1H3. The molecule has 19 heavy (non-hydrogen) atoms. The highest BCUT2D eigenvalue weighted by Crippen LogP contribution is 2.28. The number of phenols is 1. The maximum Gasteiger partial charge on any atom is 0.254 e. The largest absolute Gasteiger partial charge is 0.504 e. The van der Waals surface area contributed by atoms with Crippen molar-refractivity contribution >= 4 is 5.91 Å². The molecule has 1 aliphatic heterocycles. The van der Waals surface area contributed by atoms with Gasteiger partial charge in [0.2, 0.25) is 0 Å². The highest BCUT2D eigenvalue weighted by molar-refractivity contribution is 5.95. The number of piperidine rings is 1. The number of phenolic OH excluding ortho intramolecular Hbond substituents is 1. The van der Waals surface area contributed by atoms with Crippen LogP contribution in [-0.4, -0.2) is 42.2 Å². The van der Waals surface area contributed by atoms with Crippen molar-refractivity contribution in [2.24, 2.45) is 5.73 Å². The zero-order valence-electron chi connectivity index (χ0n) is 11.1. The van der Waals surface area contributed by atoms with Crippen LogP contribution in [0, 0.1) is 0 Å². The Kier molecular flexibility index (Phi) is 4.27. The molecule has 3 N–H and O–H groups in total. The molecule has 0 spiro atoms. The van der Waals surface area contributed by atoms with E-state index in [1.807, 2.05) is 4.90 Å². The van der Waals surface area contributed by atoms with Crippen molar-refractivity contribution in [2.75, 3.05) is 20.2 Å².